The molecule has 2 heterocycles. The first kappa shape index (κ1) is 16.3. The van der Waals surface area contributed by atoms with Crippen molar-refractivity contribution < 1.29 is 9.90 Å². The molecule has 0 spiro atoms. The zero-order valence-electron chi connectivity index (χ0n) is 13.0. The number of aliphatic hydroxyl groups is 1. The Morgan fingerprint density at radius 2 is 2.00 bits per heavy atom. The van der Waals surface area contributed by atoms with Crippen LogP contribution < -0.4 is 0 Å². The second-order valence-corrected chi connectivity index (χ2v) is 6.25. The molecule has 1 saturated heterocycles. The van der Waals surface area contributed by atoms with Crippen LogP contribution in [0.5, 0.6) is 0 Å². The number of hydrogen-bond acceptors (Lipinski definition) is 3. The van der Waals surface area contributed by atoms with Gasteiger partial charge in [-0.1, -0.05) is 25.4 Å². The van der Waals surface area contributed by atoms with Crippen molar-refractivity contribution in [2.45, 2.75) is 39.5 Å². The maximum absolute atomic E-state index is 12.7. The van der Waals surface area contributed by atoms with E-state index < -0.39 is 0 Å². The minimum absolute atomic E-state index is 0.0247. The van der Waals surface area contributed by atoms with E-state index in [2.05, 4.69) is 12.0 Å². The minimum atomic E-state index is -0.0346. The topological polar surface area (TPSA) is 58.4 Å². The summed E-state index contributed by atoms with van der Waals surface area (Å²) in [6, 6.07) is 0. The van der Waals surface area contributed by atoms with E-state index in [0.717, 1.165) is 25.0 Å². The molecule has 1 aromatic rings. The van der Waals surface area contributed by atoms with E-state index in [-0.39, 0.29) is 17.9 Å². The van der Waals surface area contributed by atoms with Crippen LogP contribution in [0.1, 0.15) is 49.2 Å². The van der Waals surface area contributed by atoms with E-state index in [1.165, 1.54) is 0 Å². The fourth-order valence-electron chi connectivity index (χ4n) is 2.98. The molecule has 0 atom stereocenters. The number of amides is 1. The van der Waals surface area contributed by atoms with Gasteiger partial charge in [0.2, 0.25) is 0 Å². The third kappa shape index (κ3) is 2.94. The third-order valence-electron chi connectivity index (χ3n) is 4.80. The molecule has 0 aliphatic carbocycles. The predicted octanol–water partition coefficient (Wildman–Crippen LogP) is 2.26. The van der Waals surface area contributed by atoms with Crippen LogP contribution in [-0.2, 0) is 13.5 Å². The highest BCUT2D eigenvalue weighted by Gasteiger charge is 2.35. The fourth-order valence-corrected chi connectivity index (χ4v) is 3.21. The van der Waals surface area contributed by atoms with Gasteiger partial charge in [-0.15, -0.1) is 0 Å². The van der Waals surface area contributed by atoms with Crippen LogP contribution in [-0.4, -0.2) is 45.4 Å². The lowest BCUT2D eigenvalue weighted by Crippen LogP contribution is -2.44. The molecule has 21 heavy (non-hydrogen) atoms. The summed E-state index contributed by atoms with van der Waals surface area (Å²) in [5, 5.41) is 14.3. The lowest BCUT2D eigenvalue weighted by Gasteiger charge is -2.40. The number of carbonyl (C=O) groups is 1. The molecule has 1 amide bonds. The number of halogens is 1. The molecule has 2 rings (SSSR count). The molecule has 1 fully saturated rings. The Kier molecular flexibility index (Phi) is 4.94. The van der Waals surface area contributed by atoms with Gasteiger partial charge in [-0.3, -0.25) is 9.48 Å². The van der Waals surface area contributed by atoms with E-state index in [4.69, 9.17) is 11.6 Å². The molecule has 6 heteroatoms. The second kappa shape index (κ2) is 6.36. The first-order valence-electron chi connectivity index (χ1n) is 7.59. The van der Waals surface area contributed by atoms with Crippen LogP contribution in [0, 0.1) is 5.41 Å². The molecule has 0 bridgehead atoms. The Labute approximate surface area is 130 Å². The summed E-state index contributed by atoms with van der Waals surface area (Å²) in [7, 11) is 1.75. The molecule has 1 N–H and O–H groups in total. The zero-order chi connectivity index (χ0) is 15.6. The molecule has 0 aromatic carbocycles. The maximum atomic E-state index is 12.7. The standard InChI is InChI=1S/C15H24ClN3O2/c1-4-11-12(13(16)18(3)17-11)14(21)19-8-6-15(5-2,10-20)7-9-19/h20H,4-10H2,1-3H3. The monoisotopic (exact) mass is 313 g/mol. The van der Waals surface area contributed by atoms with Gasteiger partial charge in [0.05, 0.1) is 11.3 Å². The van der Waals surface area contributed by atoms with Gasteiger partial charge >= 0.3 is 0 Å². The second-order valence-electron chi connectivity index (χ2n) is 5.89. The van der Waals surface area contributed by atoms with Crippen molar-refractivity contribution in [1.82, 2.24) is 14.7 Å². The van der Waals surface area contributed by atoms with Gasteiger partial charge in [-0.05, 0) is 31.1 Å². The Balaban J connectivity index is 2.16. The van der Waals surface area contributed by atoms with E-state index in [9.17, 15) is 9.90 Å². The molecule has 5 nitrogen and oxygen atoms in total. The molecular formula is C15H24ClN3O2. The SMILES string of the molecule is CCc1nn(C)c(Cl)c1C(=O)N1CCC(CC)(CO)CC1. The summed E-state index contributed by atoms with van der Waals surface area (Å²) < 4.78 is 1.56. The Morgan fingerprint density at radius 1 is 1.38 bits per heavy atom. The maximum Gasteiger partial charge on any atom is 0.258 e. The van der Waals surface area contributed by atoms with Crippen molar-refractivity contribution in [3.05, 3.63) is 16.4 Å². The molecule has 1 aliphatic rings. The molecular weight excluding hydrogens is 290 g/mol. The number of carbonyl (C=O) groups excluding carboxylic acids is 1. The number of piperidine rings is 1. The summed E-state index contributed by atoms with van der Waals surface area (Å²) in [5.41, 5.74) is 1.26. The number of aryl methyl sites for hydroxylation is 2. The summed E-state index contributed by atoms with van der Waals surface area (Å²) in [5.74, 6) is -0.0346. The highest BCUT2D eigenvalue weighted by atomic mass is 35.5. The Hall–Kier alpha value is -1.07. The van der Waals surface area contributed by atoms with Gasteiger partial charge in [-0.25, -0.2) is 0 Å². The quantitative estimate of drug-likeness (QED) is 0.927. The normalized spacial score (nSPS) is 18.0. The molecule has 1 aromatic heterocycles. The molecule has 118 valence electrons. The van der Waals surface area contributed by atoms with Crippen molar-refractivity contribution >= 4 is 17.5 Å². The average molecular weight is 314 g/mol. The summed E-state index contributed by atoms with van der Waals surface area (Å²) in [6.07, 6.45) is 3.31. The molecule has 0 saturated carbocycles. The van der Waals surface area contributed by atoms with Crippen molar-refractivity contribution in [2.24, 2.45) is 12.5 Å². The zero-order valence-corrected chi connectivity index (χ0v) is 13.8. The summed E-state index contributed by atoms with van der Waals surface area (Å²) in [4.78, 5) is 14.6. The van der Waals surface area contributed by atoms with Crippen LogP contribution >= 0.6 is 11.6 Å². The summed E-state index contributed by atoms with van der Waals surface area (Å²) in [6.45, 7) is 5.60. The largest absolute Gasteiger partial charge is 0.396 e. The number of nitrogens with zero attached hydrogens (tertiary/aromatic N) is 3. The van der Waals surface area contributed by atoms with Gasteiger partial charge in [0, 0.05) is 26.7 Å². The van der Waals surface area contributed by atoms with Crippen molar-refractivity contribution in [3.63, 3.8) is 0 Å². The van der Waals surface area contributed by atoms with Gasteiger partial charge < -0.3 is 10.0 Å². The first-order chi connectivity index (χ1) is 9.98. The number of likely N-dealkylation sites (tertiary alicyclic amines) is 1. The third-order valence-corrected chi connectivity index (χ3v) is 5.23. The highest BCUT2D eigenvalue weighted by Crippen LogP contribution is 2.35. The Morgan fingerprint density at radius 3 is 2.48 bits per heavy atom. The summed E-state index contributed by atoms with van der Waals surface area (Å²) >= 11 is 6.23. The Bertz CT molecular complexity index is 513. The number of rotatable bonds is 4. The van der Waals surface area contributed by atoms with E-state index in [0.29, 0.717) is 30.2 Å². The average Bonchev–Trinajstić information content (AvgIpc) is 2.81. The van der Waals surface area contributed by atoms with E-state index >= 15 is 0 Å². The van der Waals surface area contributed by atoms with Gasteiger partial charge in [0.15, 0.2) is 0 Å². The van der Waals surface area contributed by atoms with Crippen LogP contribution in [0.25, 0.3) is 0 Å². The predicted molar refractivity (Wildman–Crippen MR) is 82.5 cm³/mol. The minimum Gasteiger partial charge on any atom is -0.396 e. The van der Waals surface area contributed by atoms with Gasteiger partial charge in [0.25, 0.3) is 5.91 Å². The number of aliphatic hydroxyl groups excluding tert-OH is 1. The lowest BCUT2D eigenvalue weighted by molar-refractivity contribution is 0.0337. The fraction of sp³-hybridized carbons (Fsp3) is 0.733. The smallest absolute Gasteiger partial charge is 0.258 e. The first-order valence-corrected chi connectivity index (χ1v) is 7.97. The van der Waals surface area contributed by atoms with Crippen LogP contribution in [0.3, 0.4) is 0 Å². The van der Waals surface area contributed by atoms with Crippen LogP contribution in [0.4, 0.5) is 0 Å². The molecule has 1 aliphatic heterocycles. The van der Waals surface area contributed by atoms with Crippen LogP contribution in [0.15, 0.2) is 0 Å². The highest BCUT2D eigenvalue weighted by molar-refractivity contribution is 6.33. The van der Waals surface area contributed by atoms with Gasteiger partial charge in [0.1, 0.15) is 5.15 Å². The number of aromatic nitrogens is 2. The van der Waals surface area contributed by atoms with E-state index in [1.807, 2.05) is 11.8 Å². The van der Waals surface area contributed by atoms with Crippen molar-refractivity contribution in [1.29, 1.82) is 0 Å². The lowest BCUT2D eigenvalue weighted by atomic mass is 9.77. The van der Waals surface area contributed by atoms with E-state index in [1.54, 1.807) is 11.7 Å². The van der Waals surface area contributed by atoms with Crippen LogP contribution in [0.2, 0.25) is 5.15 Å². The van der Waals surface area contributed by atoms with Gasteiger partial charge in [-0.2, -0.15) is 5.10 Å². The van der Waals surface area contributed by atoms with Crippen molar-refractivity contribution in [2.75, 3.05) is 19.7 Å². The molecule has 0 unspecified atom stereocenters. The molecule has 0 radical (unpaired) electrons. The van der Waals surface area contributed by atoms with Crippen molar-refractivity contribution in [3.8, 4) is 0 Å². The number of hydrogen-bond donors (Lipinski definition) is 1.